The van der Waals surface area contributed by atoms with E-state index in [1.807, 2.05) is 0 Å². The highest BCUT2D eigenvalue weighted by Crippen LogP contribution is 2.19. The lowest BCUT2D eigenvalue weighted by Crippen LogP contribution is -2.37. The van der Waals surface area contributed by atoms with Crippen LogP contribution in [0.5, 0.6) is 0 Å². The summed E-state index contributed by atoms with van der Waals surface area (Å²) < 4.78 is 10.7. The predicted molar refractivity (Wildman–Crippen MR) is 73.1 cm³/mol. The quantitative estimate of drug-likeness (QED) is 0.671. The number of ether oxygens (including phenoxy) is 1. The smallest absolute Gasteiger partial charge is 0.276 e. The molecule has 0 unspecified atom stereocenters. The molecule has 100 valence electrons. The van der Waals surface area contributed by atoms with Gasteiger partial charge in [-0.1, -0.05) is 0 Å². The van der Waals surface area contributed by atoms with E-state index in [4.69, 9.17) is 21.4 Å². The standard InChI is InChI=1S/C13H14N2O3S/c16-12-11(7-9-3-1-5-17-9)14-13(19)15(12)8-10-4-2-6-18-10/h1,3,5,7,10H,2,4,6,8H2,(H,14,19)/b11-7+/t10-/m1/s1. The van der Waals surface area contributed by atoms with Crippen LogP contribution in [0.1, 0.15) is 18.6 Å². The molecule has 2 saturated heterocycles. The summed E-state index contributed by atoms with van der Waals surface area (Å²) >= 11 is 5.19. The van der Waals surface area contributed by atoms with E-state index in [0.717, 1.165) is 19.4 Å². The molecule has 0 radical (unpaired) electrons. The van der Waals surface area contributed by atoms with Gasteiger partial charge < -0.3 is 14.5 Å². The summed E-state index contributed by atoms with van der Waals surface area (Å²) in [4.78, 5) is 13.8. The van der Waals surface area contributed by atoms with E-state index in [-0.39, 0.29) is 12.0 Å². The number of amides is 1. The highest BCUT2D eigenvalue weighted by atomic mass is 32.1. The molecular weight excluding hydrogens is 264 g/mol. The number of rotatable bonds is 3. The zero-order valence-corrected chi connectivity index (χ0v) is 11.1. The number of nitrogens with zero attached hydrogens (tertiary/aromatic N) is 1. The number of furan rings is 1. The molecule has 1 amide bonds. The molecule has 1 aromatic rings. The Hall–Kier alpha value is -1.66. The molecule has 2 aliphatic heterocycles. The van der Waals surface area contributed by atoms with Crippen LogP contribution in [0.3, 0.4) is 0 Å². The first-order valence-electron chi connectivity index (χ1n) is 6.24. The van der Waals surface area contributed by atoms with Crippen LogP contribution >= 0.6 is 12.2 Å². The highest BCUT2D eigenvalue weighted by molar-refractivity contribution is 7.80. The topological polar surface area (TPSA) is 54.7 Å². The first kappa shape index (κ1) is 12.4. The van der Waals surface area contributed by atoms with E-state index in [1.165, 1.54) is 0 Å². The van der Waals surface area contributed by atoms with Crippen LogP contribution in [0.25, 0.3) is 6.08 Å². The van der Waals surface area contributed by atoms with Gasteiger partial charge >= 0.3 is 0 Å². The van der Waals surface area contributed by atoms with Gasteiger partial charge in [0, 0.05) is 12.7 Å². The molecule has 0 aromatic carbocycles. The van der Waals surface area contributed by atoms with Crippen LogP contribution in [0, 0.1) is 0 Å². The molecule has 2 aliphatic rings. The molecule has 1 atom stereocenters. The normalized spacial score (nSPS) is 25.4. The minimum atomic E-state index is -0.128. The van der Waals surface area contributed by atoms with Crippen LogP contribution in [0.15, 0.2) is 28.5 Å². The third kappa shape index (κ3) is 2.54. The van der Waals surface area contributed by atoms with Crippen LogP contribution in [0.2, 0.25) is 0 Å². The fourth-order valence-corrected chi connectivity index (χ4v) is 2.51. The maximum Gasteiger partial charge on any atom is 0.276 e. The molecule has 3 rings (SSSR count). The minimum absolute atomic E-state index is 0.0895. The number of carbonyl (C=O) groups is 1. The van der Waals surface area contributed by atoms with Crippen molar-refractivity contribution in [3.63, 3.8) is 0 Å². The Morgan fingerprint density at radius 1 is 1.58 bits per heavy atom. The van der Waals surface area contributed by atoms with Crippen molar-refractivity contribution in [1.29, 1.82) is 0 Å². The number of nitrogens with one attached hydrogen (secondary N) is 1. The SMILES string of the molecule is O=C1/C(=C\c2ccco2)NC(=S)N1C[C@H]1CCCO1. The van der Waals surface area contributed by atoms with Gasteiger partial charge in [0.05, 0.1) is 18.9 Å². The van der Waals surface area contributed by atoms with E-state index in [2.05, 4.69) is 5.32 Å². The van der Waals surface area contributed by atoms with E-state index < -0.39 is 0 Å². The van der Waals surface area contributed by atoms with Crippen LogP contribution in [0.4, 0.5) is 0 Å². The van der Waals surface area contributed by atoms with Crippen molar-refractivity contribution in [2.24, 2.45) is 0 Å². The second kappa shape index (κ2) is 5.14. The molecule has 1 aromatic heterocycles. The summed E-state index contributed by atoms with van der Waals surface area (Å²) in [6.45, 7) is 1.28. The van der Waals surface area contributed by atoms with Gasteiger partial charge in [-0.15, -0.1) is 0 Å². The Balaban J connectivity index is 1.73. The zero-order chi connectivity index (χ0) is 13.2. The van der Waals surface area contributed by atoms with Gasteiger partial charge in [-0.3, -0.25) is 9.69 Å². The van der Waals surface area contributed by atoms with Crippen molar-refractivity contribution < 1.29 is 13.9 Å². The molecule has 2 fully saturated rings. The third-order valence-corrected chi connectivity index (χ3v) is 3.52. The molecule has 0 saturated carbocycles. The van der Waals surface area contributed by atoms with E-state index in [9.17, 15) is 4.79 Å². The average Bonchev–Trinajstić information content (AvgIpc) is 3.10. The Morgan fingerprint density at radius 3 is 3.16 bits per heavy atom. The predicted octanol–water partition coefficient (Wildman–Crippen LogP) is 1.52. The van der Waals surface area contributed by atoms with Gasteiger partial charge in [0.2, 0.25) is 0 Å². The van der Waals surface area contributed by atoms with Gasteiger partial charge in [-0.05, 0) is 37.2 Å². The van der Waals surface area contributed by atoms with Gasteiger partial charge in [-0.25, -0.2) is 0 Å². The lowest BCUT2D eigenvalue weighted by Gasteiger charge is -2.18. The van der Waals surface area contributed by atoms with Gasteiger partial charge in [0.25, 0.3) is 5.91 Å². The Kier molecular flexibility index (Phi) is 3.35. The second-order valence-electron chi connectivity index (χ2n) is 4.55. The fourth-order valence-electron chi connectivity index (χ4n) is 2.25. The summed E-state index contributed by atoms with van der Waals surface area (Å²) in [5.41, 5.74) is 0.443. The molecule has 0 aliphatic carbocycles. The molecule has 3 heterocycles. The molecular formula is C13H14N2O3S. The van der Waals surface area contributed by atoms with Crippen molar-refractivity contribution in [3.05, 3.63) is 29.9 Å². The number of hydrogen-bond acceptors (Lipinski definition) is 4. The Bertz CT molecular complexity index is 518. The van der Waals surface area contributed by atoms with Gasteiger partial charge in [0.15, 0.2) is 5.11 Å². The van der Waals surface area contributed by atoms with Crippen LogP contribution < -0.4 is 5.32 Å². The van der Waals surface area contributed by atoms with E-state index in [1.54, 1.807) is 29.4 Å². The van der Waals surface area contributed by atoms with Gasteiger partial charge in [0.1, 0.15) is 11.5 Å². The second-order valence-corrected chi connectivity index (χ2v) is 4.94. The van der Waals surface area contributed by atoms with E-state index in [0.29, 0.717) is 23.1 Å². The largest absolute Gasteiger partial charge is 0.465 e. The highest BCUT2D eigenvalue weighted by Gasteiger charge is 2.33. The first-order valence-corrected chi connectivity index (χ1v) is 6.64. The summed E-state index contributed by atoms with van der Waals surface area (Å²) in [6.07, 6.45) is 5.33. The summed E-state index contributed by atoms with van der Waals surface area (Å²) in [6, 6.07) is 3.56. The third-order valence-electron chi connectivity index (χ3n) is 3.20. The summed E-state index contributed by atoms with van der Waals surface area (Å²) in [7, 11) is 0. The van der Waals surface area contributed by atoms with Crippen molar-refractivity contribution in [1.82, 2.24) is 10.2 Å². The maximum absolute atomic E-state index is 12.2. The van der Waals surface area contributed by atoms with Crippen molar-refractivity contribution in [2.75, 3.05) is 13.2 Å². The monoisotopic (exact) mass is 278 g/mol. The molecule has 0 bridgehead atoms. The number of thiocarbonyl (C=S) groups is 1. The Labute approximate surface area is 116 Å². The molecule has 1 N–H and O–H groups in total. The van der Waals surface area contributed by atoms with Gasteiger partial charge in [-0.2, -0.15) is 0 Å². The Morgan fingerprint density at radius 2 is 2.47 bits per heavy atom. The molecule has 6 heteroatoms. The minimum Gasteiger partial charge on any atom is -0.465 e. The van der Waals surface area contributed by atoms with Crippen molar-refractivity contribution in [3.8, 4) is 0 Å². The number of carbonyl (C=O) groups excluding carboxylic acids is 1. The molecule has 0 spiro atoms. The number of hydrogen-bond donors (Lipinski definition) is 1. The lowest BCUT2D eigenvalue weighted by molar-refractivity contribution is -0.123. The van der Waals surface area contributed by atoms with Crippen LogP contribution in [-0.2, 0) is 9.53 Å². The lowest BCUT2D eigenvalue weighted by atomic mass is 10.2. The molecule has 19 heavy (non-hydrogen) atoms. The van der Waals surface area contributed by atoms with Crippen molar-refractivity contribution >= 4 is 29.3 Å². The van der Waals surface area contributed by atoms with Crippen molar-refractivity contribution in [2.45, 2.75) is 18.9 Å². The van der Waals surface area contributed by atoms with E-state index >= 15 is 0 Å². The van der Waals surface area contributed by atoms with Crippen LogP contribution in [-0.4, -0.2) is 35.2 Å². The first-order chi connectivity index (χ1) is 9.24. The summed E-state index contributed by atoms with van der Waals surface area (Å²) in [5, 5.41) is 3.35. The molecule has 5 nitrogen and oxygen atoms in total. The maximum atomic E-state index is 12.2. The fraction of sp³-hybridized carbons (Fsp3) is 0.385. The zero-order valence-electron chi connectivity index (χ0n) is 10.3. The summed E-state index contributed by atoms with van der Waals surface area (Å²) in [5.74, 6) is 0.495. The average molecular weight is 278 g/mol.